The normalized spacial score (nSPS) is 13.6. The monoisotopic (exact) mass is 349 g/mol. The highest BCUT2D eigenvalue weighted by molar-refractivity contribution is 6.06. The smallest absolute Gasteiger partial charge is 0.329 e. The molecule has 1 aliphatic heterocycles. The van der Waals surface area contributed by atoms with Gasteiger partial charge >= 0.3 is 12.0 Å². The second-order valence-corrected chi connectivity index (χ2v) is 5.99. The minimum Gasteiger partial charge on any atom is -0.469 e. The SMILES string of the molecule is COC(=O)CCc1ccc(N2CCN(c3ccc(C#N)cc3)C2=O)cc1. The fraction of sp³-hybridized carbons (Fsp3) is 0.250. The minimum absolute atomic E-state index is 0.0861. The van der Waals surface area contributed by atoms with Gasteiger partial charge in [0.25, 0.3) is 0 Å². The van der Waals surface area contributed by atoms with Crippen LogP contribution in [-0.2, 0) is 16.0 Å². The number of esters is 1. The van der Waals surface area contributed by atoms with E-state index in [0.29, 0.717) is 31.5 Å². The molecule has 2 aromatic rings. The van der Waals surface area contributed by atoms with Crippen molar-refractivity contribution in [3.05, 3.63) is 59.7 Å². The molecule has 26 heavy (non-hydrogen) atoms. The van der Waals surface area contributed by atoms with E-state index in [0.717, 1.165) is 16.9 Å². The van der Waals surface area contributed by atoms with Gasteiger partial charge in [-0.25, -0.2) is 4.79 Å². The molecule has 1 heterocycles. The lowest BCUT2D eigenvalue weighted by atomic mass is 10.1. The average molecular weight is 349 g/mol. The number of hydrogen-bond donors (Lipinski definition) is 0. The van der Waals surface area contributed by atoms with Gasteiger partial charge in [0.05, 0.1) is 18.7 Å². The van der Waals surface area contributed by atoms with Crippen LogP contribution >= 0.6 is 0 Å². The molecule has 132 valence electrons. The zero-order valence-corrected chi connectivity index (χ0v) is 14.5. The van der Waals surface area contributed by atoms with Crippen molar-refractivity contribution in [3.63, 3.8) is 0 Å². The number of amides is 2. The van der Waals surface area contributed by atoms with Crippen molar-refractivity contribution in [2.75, 3.05) is 30.0 Å². The number of carbonyl (C=O) groups is 2. The molecule has 1 fully saturated rings. The molecule has 3 rings (SSSR count). The summed E-state index contributed by atoms with van der Waals surface area (Å²) in [5.41, 5.74) is 3.20. The molecule has 0 unspecified atom stereocenters. The molecule has 6 heteroatoms. The Morgan fingerprint density at radius 2 is 1.58 bits per heavy atom. The van der Waals surface area contributed by atoms with Gasteiger partial charge in [-0.3, -0.25) is 14.6 Å². The number of hydrogen-bond acceptors (Lipinski definition) is 4. The standard InChI is InChI=1S/C20H19N3O3/c1-26-19(24)11-6-15-2-7-17(8-3-15)22-12-13-23(20(22)25)18-9-4-16(14-21)5-10-18/h2-5,7-10H,6,11-13H2,1H3. The van der Waals surface area contributed by atoms with Crippen LogP contribution in [0.15, 0.2) is 48.5 Å². The van der Waals surface area contributed by atoms with E-state index < -0.39 is 0 Å². The Morgan fingerprint density at radius 1 is 1.04 bits per heavy atom. The summed E-state index contributed by atoms with van der Waals surface area (Å²) in [7, 11) is 1.38. The van der Waals surface area contributed by atoms with Crippen molar-refractivity contribution >= 4 is 23.4 Å². The van der Waals surface area contributed by atoms with E-state index in [9.17, 15) is 9.59 Å². The lowest BCUT2D eigenvalue weighted by Crippen LogP contribution is -2.31. The third kappa shape index (κ3) is 3.67. The van der Waals surface area contributed by atoms with Crippen molar-refractivity contribution in [1.82, 2.24) is 0 Å². The van der Waals surface area contributed by atoms with E-state index in [2.05, 4.69) is 10.8 Å². The van der Waals surface area contributed by atoms with Gasteiger partial charge in [0, 0.05) is 30.9 Å². The lowest BCUT2D eigenvalue weighted by molar-refractivity contribution is -0.140. The molecule has 0 spiro atoms. The Kier molecular flexibility index (Phi) is 5.18. The van der Waals surface area contributed by atoms with E-state index >= 15 is 0 Å². The fourth-order valence-electron chi connectivity index (χ4n) is 2.92. The van der Waals surface area contributed by atoms with Crippen LogP contribution in [0.2, 0.25) is 0 Å². The van der Waals surface area contributed by atoms with Crippen molar-refractivity contribution < 1.29 is 14.3 Å². The van der Waals surface area contributed by atoms with Gasteiger partial charge in [-0.05, 0) is 48.4 Å². The first-order chi connectivity index (χ1) is 12.6. The fourth-order valence-corrected chi connectivity index (χ4v) is 2.92. The molecule has 0 bridgehead atoms. The third-order valence-electron chi connectivity index (χ3n) is 4.41. The molecule has 1 saturated heterocycles. The second-order valence-electron chi connectivity index (χ2n) is 5.99. The number of ether oxygens (including phenoxy) is 1. The molecule has 6 nitrogen and oxygen atoms in total. The molecule has 0 saturated carbocycles. The third-order valence-corrected chi connectivity index (χ3v) is 4.41. The molecule has 0 N–H and O–H groups in total. The van der Waals surface area contributed by atoms with Gasteiger partial charge in [-0.15, -0.1) is 0 Å². The van der Waals surface area contributed by atoms with Gasteiger partial charge in [-0.2, -0.15) is 5.26 Å². The van der Waals surface area contributed by atoms with Crippen LogP contribution in [0.3, 0.4) is 0 Å². The Morgan fingerprint density at radius 3 is 2.08 bits per heavy atom. The number of benzene rings is 2. The molecular weight excluding hydrogens is 330 g/mol. The predicted octanol–water partition coefficient (Wildman–Crippen LogP) is 3.11. The number of anilines is 2. The minimum atomic E-state index is -0.234. The van der Waals surface area contributed by atoms with E-state index in [1.54, 1.807) is 34.1 Å². The van der Waals surface area contributed by atoms with E-state index in [1.807, 2.05) is 24.3 Å². The van der Waals surface area contributed by atoms with Crippen LogP contribution < -0.4 is 9.80 Å². The summed E-state index contributed by atoms with van der Waals surface area (Å²) in [5, 5.41) is 8.88. The van der Waals surface area contributed by atoms with Crippen LogP contribution in [0.25, 0.3) is 0 Å². The highest BCUT2D eigenvalue weighted by atomic mass is 16.5. The van der Waals surface area contributed by atoms with Crippen LogP contribution in [-0.4, -0.2) is 32.2 Å². The Labute approximate surface area is 152 Å². The van der Waals surface area contributed by atoms with Crippen LogP contribution in [0.1, 0.15) is 17.5 Å². The molecule has 0 radical (unpaired) electrons. The Hall–Kier alpha value is -3.33. The largest absolute Gasteiger partial charge is 0.469 e. The van der Waals surface area contributed by atoms with Crippen molar-refractivity contribution in [3.8, 4) is 6.07 Å². The summed E-state index contributed by atoms with van der Waals surface area (Å²) < 4.78 is 4.64. The summed E-state index contributed by atoms with van der Waals surface area (Å²) in [6.45, 7) is 1.19. The highest BCUT2D eigenvalue weighted by Gasteiger charge is 2.30. The number of aryl methyl sites for hydroxylation is 1. The van der Waals surface area contributed by atoms with Gasteiger partial charge in [0.1, 0.15) is 0 Å². The number of urea groups is 1. The molecule has 0 atom stereocenters. The van der Waals surface area contributed by atoms with Crippen LogP contribution in [0.5, 0.6) is 0 Å². The first-order valence-corrected chi connectivity index (χ1v) is 8.37. The summed E-state index contributed by atoms with van der Waals surface area (Å²) >= 11 is 0. The van der Waals surface area contributed by atoms with Crippen molar-refractivity contribution in [2.24, 2.45) is 0 Å². The summed E-state index contributed by atoms with van der Waals surface area (Å²) in [6, 6.07) is 16.6. The number of nitrogens with zero attached hydrogens (tertiary/aromatic N) is 3. The first kappa shape index (κ1) is 17.5. The van der Waals surface area contributed by atoms with Gasteiger partial charge < -0.3 is 4.74 Å². The molecule has 0 aromatic heterocycles. The summed E-state index contributed by atoms with van der Waals surface area (Å²) in [5.74, 6) is -0.234. The van der Waals surface area contributed by atoms with E-state index in [-0.39, 0.29) is 12.0 Å². The molecular formula is C20H19N3O3. The number of carbonyl (C=O) groups excluding carboxylic acids is 2. The zero-order valence-electron chi connectivity index (χ0n) is 14.5. The maximum absolute atomic E-state index is 12.7. The maximum Gasteiger partial charge on any atom is 0.329 e. The highest BCUT2D eigenvalue weighted by Crippen LogP contribution is 2.25. The van der Waals surface area contributed by atoms with Gasteiger partial charge in [-0.1, -0.05) is 12.1 Å². The molecule has 1 aliphatic rings. The summed E-state index contributed by atoms with van der Waals surface area (Å²) in [6.07, 6.45) is 0.948. The first-order valence-electron chi connectivity index (χ1n) is 8.37. The Bertz CT molecular complexity index is 838. The van der Waals surface area contributed by atoms with Gasteiger partial charge in [0.15, 0.2) is 0 Å². The molecule has 2 aromatic carbocycles. The topological polar surface area (TPSA) is 73.6 Å². The number of rotatable bonds is 5. The Balaban J connectivity index is 1.67. The van der Waals surface area contributed by atoms with Crippen LogP contribution in [0, 0.1) is 11.3 Å². The van der Waals surface area contributed by atoms with E-state index in [4.69, 9.17) is 5.26 Å². The quantitative estimate of drug-likeness (QED) is 0.778. The summed E-state index contributed by atoms with van der Waals surface area (Å²) in [4.78, 5) is 27.4. The lowest BCUT2D eigenvalue weighted by Gasteiger charge is -2.19. The average Bonchev–Trinajstić information content (AvgIpc) is 3.08. The second kappa shape index (κ2) is 7.70. The van der Waals surface area contributed by atoms with E-state index in [1.165, 1.54) is 7.11 Å². The molecule has 2 amide bonds. The molecule has 0 aliphatic carbocycles. The number of methoxy groups -OCH3 is 1. The van der Waals surface area contributed by atoms with Crippen molar-refractivity contribution in [2.45, 2.75) is 12.8 Å². The van der Waals surface area contributed by atoms with Crippen molar-refractivity contribution in [1.29, 1.82) is 5.26 Å². The predicted molar refractivity (Wildman–Crippen MR) is 98.0 cm³/mol. The maximum atomic E-state index is 12.7. The van der Waals surface area contributed by atoms with Crippen LogP contribution in [0.4, 0.5) is 16.2 Å². The van der Waals surface area contributed by atoms with Gasteiger partial charge in [0.2, 0.25) is 0 Å². The number of nitriles is 1. The zero-order chi connectivity index (χ0) is 18.5.